The number of azide groups is 1. The lowest BCUT2D eigenvalue weighted by Crippen LogP contribution is -2.18. The molecule has 0 radical (unpaired) electrons. The van der Waals surface area contributed by atoms with Crippen molar-refractivity contribution < 1.29 is 4.79 Å². The molecule has 0 bridgehead atoms. The second-order valence-electron chi connectivity index (χ2n) is 0.959. The van der Waals surface area contributed by atoms with Gasteiger partial charge in [0, 0.05) is 10.0 Å². The summed E-state index contributed by atoms with van der Waals surface area (Å²) in [7, 11) is 0. The van der Waals surface area contributed by atoms with Gasteiger partial charge in [-0.15, -0.1) is 4.91 Å². The second-order valence-corrected chi connectivity index (χ2v) is 0.959. The lowest BCUT2D eigenvalue weighted by molar-refractivity contribution is 0.249. The molecule has 1 N–H and O–H groups in total. The highest BCUT2D eigenvalue weighted by atomic mass is 16.3. The Labute approximate surface area is 49.6 Å². The number of nitrogens with zero attached hydrogens (tertiary/aromatic N) is 4. The summed E-state index contributed by atoms with van der Waals surface area (Å²) in [5.41, 5.74) is 7.62. The average molecular weight is 129 g/mol. The van der Waals surface area contributed by atoms with Gasteiger partial charge in [-0.25, -0.2) is 0 Å². The molecule has 0 aliphatic carbocycles. The number of urea groups is 1. The first-order valence-electron chi connectivity index (χ1n) is 1.93. The molecule has 0 aliphatic heterocycles. The van der Waals surface area contributed by atoms with Crippen LogP contribution in [0.5, 0.6) is 0 Å². The Morgan fingerprint density at radius 2 is 2.44 bits per heavy atom. The number of hydrogen-bond acceptors (Lipinski definition) is 3. The Hall–Kier alpha value is -1.62. The van der Waals surface area contributed by atoms with Gasteiger partial charge in [0.15, 0.2) is 6.67 Å². The fourth-order valence-electron chi connectivity index (χ4n) is 0.176. The summed E-state index contributed by atoms with van der Waals surface area (Å²) < 4.78 is 0. The number of amides is 2. The van der Waals surface area contributed by atoms with Crippen LogP contribution in [0.25, 0.3) is 10.4 Å². The van der Waals surface area contributed by atoms with Gasteiger partial charge < -0.3 is 5.32 Å². The zero-order valence-corrected chi connectivity index (χ0v) is 4.31. The van der Waals surface area contributed by atoms with Crippen molar-refractivity contribution in [1.29, 1.82) is 0 Å². The van der Waals surface area contributed by atoms with Crippen molar-refractivity contribution in [3.63, 3.8) is 0 Å². The Bertz CT molecular complexity index is 158. The van der Waals surface area contributed by atoms with Crippen molar-refractivity contribution in [2.75, 3.05) is 6.67 Å². The predicted molar refractivity (Wildman–Crippen MR) is 28.3 cm³/mol. The number of rotatable bonds is 2. The fourth-order valence-corrected chi connectivity index (χ4v) is 0.176. The highest BCUT2D eigenvalue weighted by Crippen LogP contribution is 1.72. The van der Waals surface area contributed by atoms with Crippen LogP contribution in [-0.4, -0.2) is 12.7 Å². The van der Waals surface area contributed by atoms with Gasteiger partial charge in [0.2, 0.25) is 0 Å². The maximum absolute atomic E-state index is 10.1. The van der Waals surface area contributed by atoms with Crippen molar-refractivity contribution in [1.82, 2.24) is 5.32 Å². The van der Waals surface area contributed by atoms with Gasteiger partial charge in [-0.1, -0.05) is 0 Å². The summed E-state index contributed by atoms with van der Waals surface area (Å²) in [5.74, 6) is 0. The van der Waals surface area contributed by atoms with E-state index >= 15 is 0 Å². The summed E-state index contributed by atoms with van der Waals surface area (Å²) in [5, 5.41) is 6.78. The molecule has 0 rings (SSSR count). The lowest BCUT2D eigenvalue weighted by atomic mass is 11.0. The molecule has 7 heteroatoms. The van der Waals surface area contributed by atoms with Crippen LogP contribution in [0.3, 0.4) is 0 Å². The molecule has 0 aliphatic rings. The molecule has 0 heterocycles. The summed E-state index contributed by atoms with van der Waals surface area (Å²) in [6, 6.07) is -0.905. The molecule has 48 valence electrons. The smallest absolute Gasteiger partial charge is 0.309 e. The highest BCUT2D eigenvalue weighted by Gasteiger charge is 1.90. The molecule has 0 saturated carbocycles. The van der Waals surface area contributed by atoms with Crippen LogP contribution >= 0.6 is 0 Å². The van der Waals surface area contributed by atoms with Crippen molar-refractivity contribution >= 4 is 6.03 Å². The molecule has 2 amide bonds. The highest BCUT2D eigenvalue weighted by molar-refractivity contribution is 5.74. The van der Waals surface area contributed by atoms with Crippen molar-refractivity contribution in [3.05, 3.63) is 15.3 Å². The Balaban J connectivity index is 3.50. The normalized spacial score (nSPS) is 7.11. The van der Waals surface area contributed by atoms with E-state index in [0.29, 0.717) is 0 Å². The maximum atomic E-state index is 10.1. The predicted octanol–water partition coefficient (Wildman–Crippen LogP) is 0.730. The molecule has 0 aromatic carbocycles. The summed E-state index contributed by atoms with van der Waals surface area (Å²) >= 11 is 0. The molecule has 0 spiro atoms. The topological polar surface area (TPSA) is 107 Å². The molecule has 0 aromatic rings. The standard InChI is InChI=1S/C2H3N5O2/c3-7-6-2(8)4-1-5-9/h1H2,(H,4,8). The van der Waals surface area contributed by atoms with E-state index < -0.39 is 6.03 Å². The zero-order chi connectivity index (χ0) is 7.11. The number of nitroso groups, excluding NO2 is 1. The first kappa shape index (κ1) is 7.38. The fraction of sp³-hybridized carbons (Fsp3) is 0.500. The van der Waals surface area contributed by atoms with Crippen molar-refractivity contribution in [2.24, 2.45) is 10.3 Å². The number of carbonyl (C=O) groups excluding carboxylic acids is 1. The Morgan fingerprint density at radius 3 is 2.89 bits per heavy atom. The van der Waals surface area contributed by atoms with E-state index in [2.05, 4.69) is 15.2 Å². The molecule has 0 saturated heterocycles. The molecule has 9 heavy (non-hydrogen) atoms. The molecule has 0 aromatic heterocycles. The van der Waals surface area contributed by atoms with Crippen LogP contribution < -0.4 is 5.32 Å². The van der Waals surface area contributed by atoms with Gasteiger partial charge in [-0.05, 0) is 10.7 Å². The minimum atomic E-state index is -0.905. The van der Waals surface area contributed by atoms with E-state index in [0.717, 1.165) is 0 Å². The van der Waals surface area contributed by atoms with Crippen LogP contribution in [0.1, 0.15) is 0 Å². The van der Waals surface area contributed by atoms with E-state index in [1.165, 1.54) is 0 Å². The Kier molecular flexibility index (Phi) is 3.72. The average Bonchev–Trinajstić information content (AvgIpc) is 1.85. The van der Waals surface area contributed by atoms with Gasteiger partial charge in [0.05, 0.1) is 0 Å². The van der Waals surface area contributed by atoms with Gasteiger partial charge >= 0.3 is 6.03 Å². The zero-order valence-electron chi connectivity index (χ0n) is 4.31. The van der Waals surface area contributed by atoms with Crippen LogP contribution in [-0.2, 0) is 0 Å². The van der Waals surface area contributed by atoms with E-state index in [1.54, 1.807) is 0 Å². The summed E-state index contributed by atoms with van der Waals surface area (Å²) in [4.78, 5) is 21.5. The van der Waals surface area contributed by atoms with Gasteiger partial charge in [-0.2, -0.15) is 0 Å². The number of hydrogen-bond donors (Lipinski definition) is 1. The first-order chi connectivity index (χ1) is 4.31. The van der Waals surface area contributed by atoms with E-state index in [1.807, 2.05) is 5.32 Å². The third-order valence-corrected chi connectivity index (χ3v) is 0.430. The molecular formula is C2H3N5O2. The second kappa shape index (κ2) is 4.54. The van der Waals surface area contributed by atoms with Crippen molar-refractivity contribution in [2.45, 2.75) is 0 Å². The van der Waals surface area contributed by atoms with Gasteiger partial charge in [-0.3, -0.25) is 4.79 Å². The van der Waals surface area contributed by atoms with E-state index in [9.17, 15) is 9.70 Å². The van der Waals surface area contributed by atoms with Crippen LogP contribution in [0.4, 0.5) is 4.79 Å². The first-order valence-corrected chi connectivity index (χ1v) is 1.93. The lowest BCUT2D eigenvalue weighted by Gasteiger charge is -1.87. The van der Waals surface area contributed by atoms with Crippen LogP contribution in [0, 0.1) is 4.91 Å². The van der Waals surface area contributed by atoms with Gasteiger partial charge in [0.1, 0.15) is 0 Å². The van der Waals surface area contributed by atoms with Gasteiger partial charge in [0.25, 0.3) is 0 Å². The maximum Gasteiger partial charge on any atom is 0.309 e. The monoisotopic (exact) mass is 129 g/mol. The minimum Gasteiger partial charge on any atom is -0.328 e. The molecule has 0 fully saturated rings. The molecule has 0 atom stereocenters. The third kappa shape index (κ3) is 4.23. The quantitative estimate of drug-likeness (QED) is 0.256. The van der Waals surface area contributed by atoms with E-state index in [-0.39, 0.29) is 6.67 Å². The molecule has 7 nitrogen and oxygen atoms in total. The van der Waals surface area contributed by atoms with E-state index in [4.69, 9.17) is 5.53 Å². The SMILES string of the molecule is [N-]=[N+]=NC(=O)NCN=O. The largest absolute Gasteiger partial charge is 0.328 e. The number of nitrogens with one attached hydrogen (secondary N) is 1. The minimum absolute atomic E-state index is 0.377. The Morgan fingerprint density at radius 1 is 1.78 bits per heavy atom. The van der Waals surface area contributed by atoms with Crippen LogP contribution in [0.15, 0.2) is 10.3 Å². The number of carbonyl (C=O) groups is 1. The molecular weight excluding hydrogens is 126 g/mol. The van der Waals surface area contributed by atoms with Crippen molar-refractivity contribution in [3.8, 4) is 0 Å². The van der Waals surface area contributed by atoms with Crippen LogP contribution in [0.2, 0.25) is 0 Å². The summed E-state index contributed by atoms with van der Waals surface area (Å²) in [6.45, 7) is -0.377. The summed E-state index contributed by atoms with van der Waals surface area (Å²) in [6.07, 6.45) is 0. The third-order valence-electron chi connectivity index (χ3n) is 0.430. The molecule has 0 unspecified atom stereocenters.